The van der Waals surface area contributed by atoms with Crippen molar-refractivity contribution >= 4 is 11.7 Å². The van der Waals surface area contributed by atoms with Crippen molar-refractivity contribution in [2.24, 2.45) is 11.8 Å². The van der Waals surface area contributed by atoms with Crippen molar-refractivity contribution in [3.63, 3.8) is 0 Å². The van der Waals surface area contributed by atoms with Crippen LogP contribution in [-0.2, 0) is 19.1 Å². The van der Waals surface area contributed by atoms with E-state index >= 15 is 0 Å². The van der Waals surface area contributed by atoms with Gasteiger partial charge in [-0.1, -0.05) is 13.8 Å². The van der Waals surface area contributed by atoms with Gasteiger partial charge in [0.1, 0.15) is 5.78 Å². The lowest BCUT2D eigenvalue weighted by atomic mass is 9.98. The van der Waals surface area contributed by atoms with E-state index in [4.69, 9.17) is 9.47 Å². The highest BCUT2D eigenvalue weighted by Gasteiger charge is 2.21. The van der Waals surface area contributed by atoms with E-state index < -0.39 is 0 Å². The van der Waals surface area contributed by atoms with Gasteiger partial charge in [0.25, 0.3) is 0 Å². The van der Waals surface area contributed by atoms with Crippen LogP contribution in [0.15, 0.2) is 0 Å². The van der Waals surface area contributed by atoms with Crippen molar-refractivity contribution in [3.8, 4) is 0 Å². The molecule has 1 amide bonds. The van der Waals surface area contributed by atoms with Gasteiger partial charge < -0.3 is 19.7 Å². The molecule has 1 aliphatic rings. The number of amides is 1. The summed E-state index contributed by atoms with van der Waals surface area (Å²) in [6, 6.07) is 0.657. The molecular formula is C23H44N2O4. The Kier molecular flexibility index (Phi) is 13.4. The lowest BCUT2D eigenvalue weighted by Gasteiger charge is -2.35. The van der Waals surface area contributed by atoms with Crippen molar-refractivity contribution in [2.75, 3.05) is 39.5 Å². The molecule has 1 N–H and O–H groups in total. The summed E-state index contributed by atoms with van der Waals surface area (Å²) in [5, 5.41) is 2.93. The molecule has 0 aromatic heterocycles. The predicted octanol–water partition coefficient (Wildman–Crippen LogP) is 3.43. The maximum atomic E-state index is 12.0. The van der Waals surface area contributed by atoms with Crippen LogP contribution in [0.1, 0.15) is 73.1 Å². The Morgan fingerprint density at radius 3 is 2.45 bits per heavy atom. The van der Waals surface area contributed by atoms with Gasteiger partial charge in [0.15, 0.2) is 0 Å². The van der Waals surface area contributed by atoms with Gasteiger partial charge in [0.05, 0.1) is 19.8 Å². The maximum absolute atomic E-state index is 12.0. The first kappa shape index (κ1) is 26.1. The van der Waals surface area contributed by atoms with Crippen molar-refractivity contribution in [3.05, 3.63) is 0 Å². The average Bonchev–Trinajstić information content (AvgIpc) is 2.68. The fourth-order valence-corrected chi connectivity index (χ4v) is 3.53. The maximum Gasteiger partial charge on any atom is 0.222 e. The highest BCUT2D eigenvalue weighted by Crippen LogP contribution is 2.18. The third kappa shape index (κ3) is 12.3. The largest absolute Gasteiger partial charge is 0.379 e. The minimum atomic E-state index is -0.0216. The molecule has 0 saturated carbocycles. The van der Waals surface area contributed by atoms with Crippen molar-refractivity contribution < 1.29 is 19.1 Å². The first-order valence-electron chi connectivity index (χ1n) is 11.5. The molecule has 170 valence electrons. The number of hydrogen-bond donors (Lipinski definition) is 1. The lowest BCUT2D eigenvalue weighted by Crippen LogP contribution is -2.41. The van der Waals surface area contributed by atoms with E-state index in [2.05, 4.69) is 24.1 Å². The summed E-state index contributed by atoms with van der Waals surface area (Å²) in [5.74, 6) is 0.895. The van der Waals surface area contributed by atoms with E-state index in [9.17, 15) is 9.59 Å². The Labute approximate surface area is 178 Å². The van der Waals surface area contributed by atoms with Crippen molar-refractivity contribution in [1.82, 2.24) is 10.2 Å². The number of hydrogen-bond acceptors (Lipinski definition) is 5. The molecule has 0 aromatic carbocycles. The lowest BCUT2D eigenvalue weighted by molar-refractivity contribution is -0.125. The number of ether oxygens (including phenoxy) is 2. The molecule has 2 atom stereocenters. The minimum Gasteiger partial charge on any atom is -0.379 e. The van der Waals surface area contributed by atoms with Crippen LogP contribution in [0.3, 0.4) is 0 Å². The number of Topliss-reactive ketones (excluding diaryl/α,β-unsaturated/α-hetero) is 1. The van der Waals surface area contributed by atoms with Gasteiger partial charge in [-0.15, -0.1) is 0 Å². The van der Waals surface area contributed by atoms with Crippen LogP contribution < -0.4 is 5.32 Å². The molecule has 1 heterocycles. The van der Waals surface area contributed by atoms with E-state index in [-0.39, 0.29) is 23.7 Å². The first-order chi connectivity index (χ1) is 13.8. The number of carbonyl (C=O) groups excluding carboxylic acids is 2. The molecule has 0 bridgehead atoms. The number of ketones is 1. The Morgan fingerprint density at radius 1 is 1.03 bits per heavy atom. The molecule has 1 rings (SSSR count). The van der Waals surface area contributed by atoms with Gasteiger partial charge in [-0.25, -0.2) is 0 Å². The molecule has 6 nitrogen and oxygen atoms in total. The number of likely N-dealkylation sites (tertiary alicyclic amines) is 1. The average molecular weight is 413 g/mol. The van der Waals surface area contributed by atoms with Gasteiger partial charge >= 0.3 is 0 Å². The standard InChI is InChI=1S/C23H44N2O4/c1-18(2)23(27)24-20(5)10-11-22(26)9-7-13-28-14-15-29-17-21-8-6-12-25(16-21)19(3)4/h18-21H,6-17H2,1-5H3,(H,24,27). The Morgan fingerprint density at radius 2 is 1.76 bits per heavy atom. The molecule has 6 heteroatoms. The molecule has 1 fully saturated rings. The number of piperidine rings is 1. The zero-order chi connectivity index (χ0) is 21.6. The normalized spacial score (nSPS) is 18.9. The quantitative estimate of drug-likeness (QED) is 0.417. The Hall–Kier alpha value is -0.980. The van der Waals surface area contributed by atoms with E-state index in [1.807, 2.05) is 20.8 Å². The van der Waals surface area contributed by atoms with Gasteiger partial charge in [-0.05, 0) is 58.9 Å². The van der Waals surface area contributed by atoms with Crippen LogP contribution in [0, 0.1) is 11.8 Å². The summed E-state index contributed by atoms with van der Waals surface area (Å²) in [6.45, 7) is 15.2. The summed E-state index contributed by atoms with van der Waals surface area (Å²) in [7, 11) is 0. The molecular weight excluding hydrogens is 368 g/mol. The van der Waals surface area contributed by atoms with E-state index in [1.54, 1.807) is 0 Å². The second kappa shape index (κ2) is 14.9. The SMILES string of the molecule is CC(CCC(=O)CCCOCCOCC1CCCN(C(C)C)C1)NC(=O)C(C)C. The zero-order valence-corrected chi connectivity index (χ0v) is 19.4. The van der Waals surface area contributed by atoms with E-state index in [0.717, 1.165) is 19.6 Å². The smallest absolute Gasteiger partial charge is 0.222 e. The molecule has 2 unspecified atom stereocenters. The molecule has 0 aliphatic carbocycles. The fourth-order valence-electron chi connectivity index (χ4n) is 3.53. The van der Waals surface area contributed by atoms with Gasteiger partial charge in [0.2, 0.25) is 5.91 Å². The third-order valence-corrected chi connectivity index (χ3v) is 5.52. The summed E-state index contributed by atoms with van der Waals surface area (Å²) < 4.78 is 11.4. The highest BCUT2D eigenvalue weighted by molar-refractivity contribution is 5.79. The Bertz CT molecular complexity index is 468. The van der Waals surface area contributed by atoms with Crippen LogP contribution in [0.5, 0.6) is 0 Å². The van der Waals surface area contributed by atoms with E-state index in [1.165, 1.54) is 19.4 Å². The van der Waals surface area contributed by atoms with Crippen LogP contribution in [-0.4, -0.2) is 68.2 Å². The highest BCUT2D eigenvalue weighted by atomic mass is 16.5. The summed E-state index contributed by atoms with van der Waals surface area (Å²) in [5.41, 5.74) is 0. The Balaban J connectivity index is 1.95. The van der Waals surface area contributed by atoms with Crippen LogP contribution >= 0.6 is 0 Å². The van der Waals surface area contributed by atoms with Crippen molar-refractivity contribution in [2.45, 2.75) is 85.2 Å². The van der Waals surface area contributed by atoms with Gasteiger partial charge in [-0.2, -0.15) is 0 Å². The zero-order valence-electron chi connectivity index (χ0n) is 19.4. The second-order valence-electron chi connectivity index (χ2n) is 9.03. The summed E-state index contributed by atoms with van der Waals surface area (Å²) >= 11 is 0. The molecule has 1 saturated heterocycles. The molecule has 1 aliphatic heterocycles. The summed E-state index contributed by atoms with van der Waals surface area (Å²) in [6.07, 6.45) is 5.01. The van der Waals surface area contributed by atoms with Crippen LogP contribution in [0.25, 0.3) is 0 Å². The first-order valence-corrected chi connectivity index (χ1v) is 11.5. The van der Waals surface area contributed by atoms with E-state index in [0.29, 0.717) is 51.0 Å². The van der Waals surface area contributed by atoms with Crippen molar-refractivity contribution in [1.29, 1.82) is 0 Å². The second-order valence-corrected chi connectivity index (χ2v) is 9.03. The number of nitrogens with one attached hydrogen (secondary N) is 1. The predicted molar refractivity (Wildman–Crippen MR) is 117 cm³/mol. The molecule has 0 aromatic rings. The third-order valence-electron chi connectivity index (χ3n) is 5.52. The van der Waals surface area contributed by atoms with Gasteiger partial charge in [-0.3, -0.25) is 9.59 Å². The molecule has 29 heavy (non-hydrogen) atoms. The van der Waals surface area contributed by atoms with Crippen LogP contribution in [0.2, 0.25) is 0 Å². The fraction of sp³-hybridized carbons (Fsp3) is 0.913. The van der Waals surface area contributed by atoms with Gasteiger partial charge in [0, 0.05) is 44.0 Å². The minimum absolute atomic E-state index is 0.0216. The molecule has 0 radical (unpaired) electrons. The summed E-state index contributed by atoms with van der Waals surface area (Å²) in [4.78, 5) is 26.1. The molecule has 0 spiro atoms. The number of carbonyl (C=O) groups is 2. The topological polar surface area (TPSA) is 67.9 Å². The monoisotopic (exact) mass is 412 g/mol. The number of rotatable bonds is 15. The number of nitrogens with zero attached hydrogens (tertiary/aromatic N) is 1. The van der Waals surface area contributed by atoms with Crippen LogP contribution in [0.4, 0.5) is 0 Å².